The van der Waals surface area contributed by atoms with Gasteiger partial charge in [-0.15, -0.1) is 0 Å². The lowest BCUT2D eigenvalue weighted by molar-refractivity contribution is -0.385. The number of benzene rings is 3. The van der Waals surface area contributed by atoms with E-state index in [1.165, 1.54) is 42.5 Å². The highest BCUT2D eigenvalue weighted by atomic mass is 35.5. The van der Waals surface area contributed by atoms with Crippen molar-refractivity contribution in [2.45, 2.75) is 11.4 Å². The number of rotatable bonds is 9. The number of nitrogens with one attached hydrogen (secondary N) is 1. The molecule has 0 saturated carbocycles. The summed E-state index contributed by atoms with van der Waals surface area (Å²) in [6.45, 7) is -0.568. The van der Waals surface area contributed by atoms with E-state index in [1.54, 1.807) is 36.4 Å². The second-order valence-corrected chi connectivity index (χ2v) is 9.20. The minimum atomic E-state index is -4.03. The van der Waals surface area contributed by atoms with Crippen molar-refractivity contribution in [2.75, 3.05) is 6.54 Å². The third-order valence-electron chi connectivity index (χ3n) is 4.50. The number of nitro benzene ring substituents is 1. The summed E-state index contributed by atoms with van der Waals surface area (Å²) in [6.07, 6.45) is 1.13. The van der Waals surface area contributed by atoms with Crippen LogP contribution in [0.2, 0.25) is 5.02 Å². The minimum Gasteiger partial charge on any atom is -0.272 e. The lowest BCUT2D eigenvalue weighted by Crippen LogP contribution is -2.39. The first-order valence-corrected chi connectivity index (χ1v) is 11.4. The zero-order valence-corrected chi connectivity index (χ0v) is 18.7. The van der Waals surface area contributed by atoms with E-state index >= 15 is 0 Å². The maximum absolute atomic E-state index is 13.2. The molecule has 0 heterocycles. The molecule has 170 valence electrons. The number of para-hydroxylation sites is 1. The van der Waals surface area contributed by atoms with Crippen molar-refractivity contribution in [3.8, 4) is 0 Å². The predicted molar refractivity (Wildman–Crippen MR) is 124 cm³/mol. The monoisotopic (exact) mass is 486 g/mol. The molecule has 1 N–H and O–H groups in total. The van der Waals surface area contributed by atoms with Gasteiger partial charge >= 0.3 is 0 Å². The van der Waals surface area contributed by atoms with Gasteiger partial charge in [0.2, 0.25) is 10.0 Å². The van der Waals surface area contributed by atoms with Crippen LogP contribution < -0.4 is 5.43 Å². The zero-order chi connectivity index (χ0) is 23.8. The van der Waals surface area contributed by atoms with Crippen LogP contribution in [-0.4, -0.2) is 36.3 Å². The van der Waals surface area contributed by atoms with E-state index in [1.807, 2.05) is 0 Å². The van der Waals surface area contributed by atoms with Gasteiger partial charge in [0.05, 0.1) is 28.1 Å². The van der Waals surface area contributed by atoms with Gasteiger partial charge in [-0.1, -0.05) is 54.1 Å². The van der Waals surface area contributed by atoms with Gasteiger partial charge < -0.3 is 0 Å². The summed E-state index contributed by atoms with van der Waals surface area (Å²) in [5.41, 5.74) is 2.93. The molecule has 9 nitrogen and oxygen atoms in total. The molecule has 0 fully saturated rings. The Labute approximate surface area is 195 Å². The van der Waals surface area contributed by atoms with Crippen LogP contribution in [-0.2, 0) is 21.4 Å². The van der Waals surface area contributed by atoms with Crippen LogP contribution in [0.1, 0.15) is 11.1 Å². The van der Waals surface area contributed by atoms with E-state index in [4.69, 9.17) is 11.6 Å². The number of nitrogens with zero attached hydrogens (tertiary/aromatic N) is 3. The summed E-state index contributed by atoms with van der Waals surface area (Å²) >= 11 is 5.86. The number of carbonyl (C=O) groups excluding carboxylic acids is 1. The SMILES string of the molecule is O=C(CN(Cc1ccccc1)S(=O)(=O)c1ccc(Cl)cc1)N/N=C\c1ccccc1[N+](=O)[O-]. The van der Waals surface area contributed by atoms with E-state index in [9.17, 15) is 23.3 Å². The van der Waals surface area contributed by atoms with E-state index in [0.29, 0.717) is 10.6 Å². The maximum Gasteiger partial charge on any atom is 0.278 e. The molecule has 1 amide bonds. The molecule has 0 aliphatic carbocycles. The number of sulfonamides is 1. The molecule has 0 radical (unpaired) electrons. The van der Waals surface area contributed by atoms with Gasteiger partial charge in [-0.2, -0.15) is 9.41 Å². The van der Waals surface area contributed by atoms with Crippen LogP contribution >= 0.6 is 11.6 Å². The Hall–Kier alpha value is -3.60. The Kier molecular flexibility index (Phi) is 7.88. The first-order valence-electron chi connectivity index (χ1n) is 9.62. The highest BCUT2D eigenvalue weighted by Crippen LogP contribution is 2.20. The van der Waals surface area contributed by atoms with Crippen molar-refractivity contribution in [1.82, 2.24) is 9.73 Å². The zero-order valence-electron chi connectivity index (χ0n) is 17.2. The number of hydrogen-bond acceptors (Lipinski definition) is 6. The Bertz CT molecular complexity index is 1270. The summed E-state index contributed by atoms with van der Waals surface area (Å²) in [5.74, 6) is -0.710. The second-order valence-electron chi connectivity index (χ2n) is 6.82. The average Bonchev–Trinajstić information content (AvgIpc) is 2.80. The molecule has 3 aromatic carbocycles. The second kappa shape index (κ2) is 10.8. The normalized spacial score (nSPS) is 11.6. The van der Waals surface area contributed by atoms with E-state index in [0.717, 1.165) is 10.5 Å². The molecule has 3 rings (SSSR count). The molecule has 0 aromatic heterocycles. The molecule has 0 bridgehead atoms. The smallest absolute Gasteiger partial charge is 0.272 e. The van der Waals surface area contributed by atoms with Gasteiger partial charge in [0.15, 0.2) is 0 Å². The number of halogens is 1. The van der Waals surface area contributed by atoms with Crippen LogP contribution in [0, 0.1) is 10.1 Å². The minimum absolute atomic E-state index is 0.0148. The molecule has 0 aliphatic heterocycles. The lowest BCUT2D eigenvalue weighted by atomic mass is 10.2. The van der Waals surface area contributed by atoms with Gasteiger partial charge in [0.1, 0.15) is 0 Å². The number of hydrazone groups is 1. The quantitative estimate of drug-likeness (QED) is 0.281. The van der Waals surface area contributed by atoms with Crippen molar-refractivity contribution >= 4 is 39.4 Å². The van der Waals surface area contributed by atoms with Gasteiger partial charge in [0, 0.05) is 17.6 Å². The molecule has 0 atom stereocenters. The van der Waals surface area contributed by atoms with Crippen LogP contribution in [0.15, 0.2) is 88.9 Å². The maximum atomic E-state index is 13.2. The molecular formula is C22H19ClN4O5S. The third kappa shape index (κ3) is 6.45. The predicted octanol–water partition coefficient (Wildman–Crippen LogP) is 3.59. The van der Waals surface area contributed by atoms with Crippen molar-refractivity contribution < 1.29 is 18.1 Å². The van der Waals surface area contributed by atoms with Crippen LogP contribution in [0.5, 0.6) is 0 Å². The fraction of sp³-hybridized carbons (Fsp3) is 0.0909. The van der Waals surface area contributed by atoms with E-state index in [-0.39, 0.29) is 22.7 Å². The Morgan fingerprint density at radius 3 is 2.33 bits per heavy atom. The van der Waals surface area contributed by atoms with Crippen molar-refractivity contribution in [3.63, 3.8) is 0 Å². The highest BCUT2D eigenvalue weighted by Gasteiger charge is 2.27. The topological polar surface area (TPSA) is 122 Å². The molecule has 0 unspecified atom stereocenters. The molecule has 11 heteroatoms. The highest BCUT2D eigenvalue weighted by molar-refractivity contribution is 7.89. The summed E-state index contributed by atoms with van der Waals surface area (Å²) in [7, 11) is -4.03. The standard InChI is InChI=1S/C22H19ClN4O5S/c23-19-10-12-20(13-11-19)33(31,32)26(15-17-6-2-1-3-7-17)16-22(28)25-24-14-18-8-4-5-9-21(18)27(29)30/h1-14H,15-16H2,(H,25,28)/b24-14-. The van der Waals surface area contributed by atoms with Crippen molar-refractivity contribution in [1.29, 1.82) is 0 Å². The molecule has 33 heavy (non-hydrogen) atoms. The number of nitro groups is 1. The van der Waals surface area contributed by atoms with E-state index in [2.05, 4.69) is 10.5 Å². The van der Waals surface area contributed by atoms with Crippen LogP contribution in [0.4, 0.5) is 5.69 Å². The lowest BCUT2D eigenvalue weighted by Gasteiger charge is -2.21. The summed E-state index contributed by atoms with van der Waals surface area (Å²) in [4.78, 5) is 23.0. The van der Waals surface area contributed by atoms with Gasteiger partial charge in [-0.3, -0.25) is 14.9 Å². The van der Waals surface area contributed by atoms with Gasteiger partial charge in [-0.05, 0) is 35.9 Å². The van der Waals surface area contributed by atoms with E-state index < -0.39 is 27.4 Å². The number of carbonyl (C=O) groups is 1. The molecule has 0 aliphatic rings. The van der Waals surface area contributed by atoms with Gasteiger partial charge in [0.25, 0.3) is 11.6 Å². The fourth-order valence-electron chi connectivity index (χ4n) is 2.90. The molecule has 3 aromatic rings. The first kappa shape index (κ1) is 24.1. The molecule has 0 saturated heterocycles. The summed E-state index contributed by atoms with van der Waals surface area (Å²) < 4.78 is 27.4. The largest absolute Gasteiger partial charge is 0.278 e. The van der Waals surface area contributed by atoms with Crippen molar-refractivity contribution in [3.05, 3.63) is 105 Å². The van der Waals surface area contributed by atoms with Gasteiger partial charge in [-0.25, -0.2) is 13.8 Å². The summed E-state index contributed by atoms with van der Waals surface area (Å²) in [6, 6.07) is 20.3. The molecule has 0 spiro atoms. The Morgan fingerprint density at radius 2 is 1.67 bits per heavy atom. The average molecular weight is 487 g/mol. The van der Waals surface area contributed by atoms with Crippen LogP contribution in [0.3, 0.4) is 0 Å². The van der Waals surface area contributed by atoms with Crippen LogP contribution in [0.25, 0.3) is 0 Å². The number of amides is 1. The number of hydrogen-bond donors (Lipinski definition) is 1. The fourth-order valence-corrected chi connectivity index (χ4v) is 4.41. The molecular weight excluding hydrogens is 468 g/mol. The summed E-state index contributed by atoms with van der Waals surface area (Å²) in [5, 5.41) is 15.2. The third-order valence-corrected chi connectivity index (χ3v) is 6.56. The first-order chi connectivity index (χ1) is 15.8. The van der Waals surface area contributed by atoms with Crippen molar-refractivity contribution in [2.24, 2.45) is 5.10 Å². The Morgan fingerprint density at radius 1 is 1.03 bits per heavy atom. The Balaban J connectivity index is 1.79.